The van der Waals surface area contributed by atoms with E-state index in [1.165, 1.54) is 36.4 Å². The van der Waals surface area contributed by atoms with Crippen LogP contribution in [-0.2, 0) is 16.1 Å². The van der Waals surface area contributed by atoms with Crippen LogP contribution in [0, 0.1) is 22.0 Å². The summed E-state index contributed by atoms with van der Waals surface area (Å²) < 4.78 is -2.14. The van der Waals surface area contributed by atoms with Gasteiger partial charge in [0.2, 0.25) is 0 Å². The number of alkyl halides is 4. The highest BCUT2D eigenvalue weighted by Gasteiger charge is 2.88. The minimum Gasteiger partial charge on any atom is -0.272 e. The molecular weight excluding hydrogens is 646 g/mol. The lowest BCUT2D eigenvalue weighted by Crippen LogP contribution is -2.55. The van der Waals surface area contributed by atoms with Crippen LogP contribution in [0.5, 0.6) is 0 Å². The molecule has 8 nitrogen and oxygen atoms in total. The average Bonchev–Trinajstić information content (AvgIpc) is 3.26. The van der Waals surface area contributed by atoms with Crippen molar-refractivity contribution in [1.82, 2.24) is 10.0 Å². The Morgan fingerprint density at radius 1 is 0.895 bits per heavy atom. The topological polar surface area (TPSA) is 101 Å². The molecule has 198 valence electrons. The molecule has 1 saturated carbocycles. The summed E-state index contributed by atoms with van der Waals surface area (Å²) in [4.78, 5) is 47.8. The summed E-state index contributed by atoms with van der Waals surface area (Å²) in [6.45, 7) is -0.356. The molecule has 2 aromatic rings. The van der Waals surface area contributed by atoms with Crippen LogP contribution < -0.4 is 0 Å². The Bertz CT molecular complexity index is 1420. The van der Waals surface area contributed by atoms with Gasteiger partial charge in [-0.2, -0.15) is 5.01 Å². The first-order valence-electron chi connectivity index (χ1n) is 10.7. The minimum atomic E-state index is -2.14. The molecular formula is C23H12Cl7N3O5. The van der Waals surface area contributed by atoms with Crippen LogP contribution in [0.2, 0.25) is 5.02 Å². The van der Waals surface area contributed by atoms with Gasteiger partial charge in [0, 0.05) is 12.1 Å². The Labute approximate surface area is 250 Å². The van der Waals surface area contributed by atoms with Gasteiger partial charge in [0.25, 0.3) is 23.4 Å². The fraction of sp³-hybridized carbons (Fsp3) is 0.261. The molecule has 2 aliphatic carbocycles. The van der Waals surface area contributed by atoms with Crippen LogP contribution in [0.15, 0.2) is 58.6 Å². The summed E-state index contributed by atoms with van der Waals surface area (Å²) >= 11 is 45.6. The van der Waals surface area contributed by atoms with Crippen molar-refractivity contribution in [3.63, 3.8) is 0 Å². The lowest BCUT2D eigenvalue weighted by Gasteiger charge is -2.37. The Hall–Kier alpha value is -1.78. The molecule has 0 unspecified atom stereocenters. The van der Waals surface area contributed by atoms with Crippen molar-refractivity contribution < 1.29 is 19.3 Å². The standard InChI is InChI=1S/C23H12Cl7N3O5/c24-13-4-2-1-3-12(13)18(34)31(9-10-5-7-11(8-6-10)33(37)38)32-19(35)14-15(20(32)36)22(28)17(26)16(25)21(14,27)23(22,29)30/h1-8,14-15H,9H2/t14-,15-,21+,22+/m0/s1. The number of rotatable bonds is 5. The number of carbonyl (C=O) groups excluding carboxylic acids is 3. The van der Waals surface area contributed by atoms with E-state index in [9.17, 15) is 24.5 Å². The van der Waals surface area contributed by atoms with Gasteiger partial charge < -0.3 is 0 Å². The molecule has 5 rings (SSSR count). The van der Waals surface area contributed by atoms with E-state index in [2.05, 4.69) is 0 Å². The molecule has 2 fully saturated rings. The molecule has 2 bridgehead atoms. The Balaban J connectivity index is 1.61. The fourth-order valence-corrected chi connectivity index (χ4v) is 8.27. The van der Waals surface area contributed by atoms with E-state index in [-0.39, 0.29) is 32.9 Å². The predicted molar refractivity (Wildman–Crippen MR) is 144 cm³/mol. The summed E-state index contributed by atoms with van der Waals surface area (Å²) in [5, 5.41) is 12.0. The second-order valence-electron chi connectivity index (χ2n) is 8.84. The third-order valence-electron chi connectivity index (χ3n) is 6.95. The highest BCUT2D eigenvalue weighted by Crippen LogP contribution is 2.77. The number of carbonyl (C=O) groups is 3. The van der Waals surface area contributed by atoms with Crippen molar-refractivity contribution in [3.8, 4) is 0 Å². The van der Waals surface area contributed by atoms with Crippen LogP contribution in [-0.4, -0.2) is 46.7 Å². The predicted octanol–water partition coefficient (Wildman–Crippen LogP) is 6.25. The lowest BCUT2D eigenvalue weighted by molar-refractivity contribution is -0.384. The number of imide groups is 1. The van der Waals surface area contributed by atoms with Crippen LogP contribution >= 0.6 is 81.2 Å². The van der Waals surface area contributed by atoms with Gasteiger partial charge in [-0.3, -0.25) is 24.5 Å². The molecule has 38 heavy (non-hydrogen) atoms. The Morgan fingerprint density at radius 3 is 1.87 bits per heavy atom. The zero-order valence-corrected chi connectivity index (χ0v) is 23.8. The number of fused-ring (bicyclic) bond motifs is 5. The van der Waals surface area contributed by atoms with E-state index in [4.69, 9.17) is 81.2 Å². The number of nitro groups is 1. The number of hydrogen-bond acceptors (Lipinski definition) is 5. The molecule has 1 saturated heterocycles. The molecule has 3 amide bonds. The minimum absolute atomic E-state index is 0.0175. The third-order valence-corrected chi connectivity index (χ3v) is 11.5. The number of hydrogen-bond donors (Lipinski definition) is 0. The molecule has 2 aromatic carbocycles. The molecule has 1 aliphatic heterocycles. The van der Waals surface area contributed by atoms with Gasteiger partial charge in [-0.1, -0.05) is 82.3 Å². The third kappa shape index (κ3) is 3.41. The number of amides is 3. The monoisotopic (exact) mass is 655 g/mol. The normalized spacial score (nSPS) is 29.2. The van der Waals surface area contributed by atoms with Crippen molar-refractivity contribution in [2.24, 2.45) is 11.8 Å². The lowest BCUT2D eigenvalue weighted by atomic mass is 9.84. The summed E-state index contributed by atoms with van der Waals surface area (Å²) in [5.74, 6) is -5.61. The van der Waals surface area contributed by atoms with Gasteiger partial charge in [-0.15, -0.1) is 23.2 Å². The maximum Gasteiger partial charge on any atom is 0.274 e. The highest BCUT2D eigenvalue weighted by molar-refractivity contribution is 6.66. The first-order valence-corrected chi connectivity index (χ1v) is 13.3. The van der Waals surface area contributed by atoms with Crippen molar-refractivity contribution in [2.45, 2.75) is 20.6 Å². The zero-order chi connectivity index (χ0) is 27.9. The van der Waals surface area contributed by atoms with E-state index < -0.39 is 48.6 Å². The number of halogens is 7. The van der Waals surface area contributed by atoms with Crippen molar-refractivity contribution >= 4 is 105 Å². The number of benzene rings is 2. The average molecular weight is 659 g/mol. The molecule has 15 heteroatoms. The maximum atomic E-state index is 13.9. The largest absolute Gasteiger partial charge is 0.274 e. The molecule has 3 aliphatic rings. The van der Waals surface area contributed by atoms with E-state index >= 15 is 0 Å². The van der Waals surface area contributed by atoms with Crippen molar-refractivity contribution in [3.05, 3.63) is 84.9 Å². The molecule has 0 N–H and O–H groups in total. The van der Waals surface area contributed by atoms with Gasteiger partial charge in [0.15, 0.2) is 4.33 Å². The van der Waals surface area contributed by atoms with Crippen LogP contribution in [0.4, 0.5) is 5.69 Å². The van der Waals surface area contributed by atoms with Crippen LogP contribution in [0.3, 0.4) is 0 Å². The van der Waals surface area contributed by atoms with E-state index in [0.29, 0.717) is 10.6 Å². The second-order valence-corrected chi connectivity index (χ2v) is 12.5. The first-order chi connectivity index (χ1) is 17.7. The Morgan fingerprint density at radius 2 is 1.39 bits per heavy atom. The number of allylic oxidation sites excluding steroid dienone is 2. The molecule has 0 spiro atoms. The smallest absolute Gasteiger partial charge is 0.272 e. The second kappa shape index (κ2) is 9.13. The van der Waals surface area contributed by atoms with Crippen molar-refractivity contribution in [2.75, 3.05) is 0 Å². The number of hydrazine groups is 1. The highest BCUT2D eigenvalue weighted by atomic mass is 35.5. The van der Waals surface area contributed by atoms with E-state index in [0.717, 1.165) is 5.01 Å². The molecule has 4 atom stereocenters. The number of nitro benzene ring substituents is 1. The molecule has 0 radical (unpaired) electrons. The van der Waals surface area contributed by atoms with Crippen LogP contribution in [0.25, 0.3) is 0 Å². The van der Waals surface area contributed by atoms with Crippen LogP contribution in [0.1, 0.15) is 15.9 Å². The number of non-ortho nitro benzene ring substituents is 1. The van der Waals surface area contributed by atoms with E-state index in [1.54, 1.807) is 12.1 Å². The zero-order valence-electron chi connectivity index (χ0n) is 18.5. The number of nitrogens with zero attached hydrogens (tertiary/aromatic N) is 3. The van der Waals surface area contributed by atoms with Gasteiger partial charge in [-0.05, 0) is 17.7 Å². The summed E-state index contributed by atoms with van der Waals surface area (Å²) in [6, 6.07) is 11.2. The van der Waals surface area contributed by atoms with Gasteiger partial charge in [0.05, 0.1) is 44.0 Å². The SMILES string of the molecule is O=C(c1ccccc1Cl)N(Cc1ccc([N+](=O)[O-])cc1)N1C(=O)[C@@H]2[C@@H](C1=O)[C@@]1(Cl)C(Cl)=C(Cl)[C@@]2(Cl)C1(Cl)Cl. The van der Waals surface area contributed by atoms with Crippen molar-refractivity contribution in [1.29, 1.82) is 0 Å². The molecule has 1 heterocycles. The summed E-state index contributed by atoms with van der Waals surface area (Å²) in [5.41, 5.74) is 0.147. The quantitative estimate of drug-likeness (QED) is 0.164. The maximum absolute atomic E-state index is 13.9. The van der Waals surface area contributed by atoms with E-state index in [1.807, 2.05) is 0 Å². The van der Waals surface area contributed by atoms with Gasteiger partial charge >= 0.3 is 0 Å². The van der Waals surface area contributed by atoms with Gasteiger partial charge in [-0.25, -0.2) is 5.01 Å². The molecule has 0 aromatic heterocycles. The van der Waals surface area contributed by atoms with Gasteiger partial charge in [0.1, 0.15) is 9.75 Å². The Kier molecular flexibility index (Phi) is 6.67. The first kappa shape index (κ1) is 27.8. The summed E-state index contributed by atoms with van der Waals surface area (Å²) in [6.07, 6.45) is 0. The fourth-order valence-electron chi connectivity index (χ4n) is 5.12. The summed E-state index contributed by atoms with van der Waals surface area (Å²) in [7, 11) is 0.